The number of hydrogen-bond donors (Lipinski definition) is 1. The summed E-state index contributed by atoms with van der Waals surface area (Å²) in [7, 11) is 1.72. The largest absolute Gasteiger partial charge is 0.496 e. The van der Waals surface area contributed by atoms with Crippen molar-refractivity contribution < 1.29 is 9.84 Å². The number of benzene rings is 1. The van der Waals surface area contributed by atoms with Crippen LogP contribution in [0.2, 0.25) is 0 Å². The molecule has 4 aliphatic rings. The molecule has 0 radical (unpaired) electrons. The Bertz CT molecular complexity index is 547. The van der Waals surface area contributed by atoms with Crippen LogP contribution in [0.15, 0.2) is 12.1 Å². The molecule has 4 aliphatic carbocycles. The number of rotatable bonds is 2. The van der Waals surface area contributed by atoms with Crippen molar-refractivity contribution in [1.29, 1.82) is 0 Å². The molecule has 0 heterocycles. The van der Waals surface area contributed by atoms with E-state index >= 15 is 0 Å². The van der Waals surface area contributed by atoms with E-state index < -0.39 is 5.60 Å². The molecule has 1 aromatic rings. The second-order valence-corrected chi connectivity index (χ2v) is 7.77. The molecule has 4 saturated carbocycles. The van der Waals surface area contributed by atoms with Gasteiger partial charge in [0.2, 0.25) is 0 Å². The average molecular weight is 286 g/mol. The van der Waals surface area contributed by atoms with Gasteiger partial charge in [0.25, 0.3) is 0 Å². The summed E-state index contributed by atoms with van der Waals surface area (Å²) in [6, 6.07) is 4.30. The lowest BCUT2D eigenvalue weighted by molar-refractivity contribution is -0.179. The molecule has 0 aromatic heterocycles. The van der Waals surface area contributed by atoms with Gasteiger partial charge in [-0.25, -0.2) is 0 Å². The fourth-order valence-electron chi connectivity index (χ4n) is 5.78. The van der Waals surface area contributed by atoms with Crippen LogP contribution in [-0.4, -0.2) is 12.2 Å². The van der Waals surface area contributed by atoms with E-state index in [1.54, 1.807) is 7.11 Å². The Labute approximate surface area is 127 Å². The van der Waals surface area contributed by atoms with Crippen LogP contribution in [0.4, 0.5) is 0 Å². The van der Waals surface area contributed by atoms with Crippen LogP contribution in [0, 0.1) is 37.5 Å². The molecule has 0 unspecified atom stereocenters. The quantitative estimate of drug-likeness (QED) is 0.892. The van der Waals surface area contributed by atoms with Crippen LogP contribution >= 0.6 is 0 Å². The lowest BCUT2D eigenvalue weighted by Gasteiger charge is -2.59. The molecule has 114 valence electrons. The smallest absolute Gasteiger partial charge is 0.122 e. The van der Waals surface area contributed by atoms with Gasteiger partial charge in [0.1, 0.15) is 5.75 Å². The highest BCUT2D eigenvalue weighted by Gasteiger charge is 2.57. The molecule has 1 N–H and O–H groups in total. The molecule has 2 nitrogen and oxygen atoms in total. The highest BCUT2D eigenvalue weighted by Crippen LogP contribution is 2.62. The van der Waals surface area contributed by atoms with Crippen LogP contribution in [-0.2, 0) is 5.60 Å². The Morgan fingerprint density at radius 3 is 2.05 bits per heavy atom. The first-order valence-corrected chi connectivity index (χ1v) is 8.40. The van der Waals surface area contributed by atoms with Gasteiger partial charge in [-0.05, 0) is 98.4 Å². The van der Waals surface area contributed by atoms with Gasteiger partial charge in [-0.3, -0.25) is 0 Å². The number of aliphatic hydroxyl groups is 1. The Morgan fingerprint density at radius 1 is 0.952 bits per heavy atom. The molecule has 5 rings (SSSR count). The van der Waals surface area contributed by atoms with E-state index in [1.807, 2.05) is 0 Å². The summed E-state index contributed by atoms with van der Waals surface area (Å²) in [5.74, 6) is 3.64. The van der Waals surface area contributed by atoms with E-state index in [9.17, 15) is 5.11 Å². The van der Waals surface area contributed by atoms with Crippen LogP contribution in [0.1, 0.15) is 48.8 Å². The van der Waals surface area contributed by atoms with E-state index in [-0.39, 0.29) is 0 Å². The lowest BCUT2D eigenvalue weighted by Crippen LogP contribution is -2.55. The van der Waals surface area contributed by atoms with E-state index in [0.29, 0.717) is 11.8 Å². The summed E-state index contributed by atoms with van der Waals surface area (Å²) < 4.78 is 5.44. The summed E-state index contributed by atoms with van der Waals surface area (Å²) >= 11 is 0. The number of methoxy groups -OCH3 is 1. The third kappa shape index (κ3) is 1.81. The zero-order valence-corrected chi connectivity index (χ0v) is 13.4. The number of hydrogen-bond acceptors (Lipinski definition) is 2. The van der Waals surface area contributed by atoms with Crippen LogP contribution in [0.5, 0.6) is 5.75 Å². The maximum atomic E-state index is 11.7. The molecule has 4 bridgehead atoms. The molecular weight excluding hydrogens is 260 g/mol. The van der Waals surface area contributed by atoms with E-state index in [2.05, 4.69) is 26.0 Å². The summed E-state index contributed by atoms with van der Waals surface area (Å²) in [5, 5.41) is 11.7. The van der Waals surface area contributed by atoms with Crippen molar-refractivity contribution in [2.45, 2.75) is 51.6 Å². The maximum absolute atomic E-state index is 11.7. The Morgan fingerprint density at radius 2 is 1.52 bits per heavy atom. The van der Waals surface area contributed by atoms with E-state index in [1.165, 1.54) is 43.2 Å². The minimum absolute atomic E-state index is 0.472. The Kier molecular flexibility index (Phi) is 2.91. The third-order valence-electron chi connectivity index (χ3n) is 6.56. The van der Waals surface area contributed by atoms with Crippen molar-refractivity contribution in [3.05, 3.63) is 28.8 Å². The first-order valence-electron chi connectivity index (χ1n) is 8.40. The van der Waals surface area contributed by atoms with Gasteiger partial charge in [0.05, 0.1) is 12.7 Å². The van der Waals surface area contributed by atoms with Gasteiger partial charge >= 0.3 is 0 Å². The van der Waals surface area contributed by atoms with Crippen LogP contribution < -0.4 is 4.74 Å². The third-order valence-corrected chi connectivity index (χ3v) is 6.56. The van der Waals surface area contributed by atoms with Gasteiger partial charge < -0.3 is 9.84 Å². The second kappa shape index (κ2) is 4.49. The Hall–Kier alpha value is -1.02. The number of ether oxygens (including phenoxy) is 1. The SMILES string of the molecule is COc1cc(C)c(C2(O)C3CC4CC(C3)CC2C4)cc1C. The predicted molar refractivity (Wildman–Crippen MR) is 83.4 cm³/mol. The minimum Gasteiger partial charge on any atom is -0.496 e. The zero-order chi connectivity index (χ0) is 14.8. The Balaban J connectivity index is 1.80. The predicted octanol–water partition coefficient (Wildman–Crippen LogP) is 3.96. The van der Waals surface area contributed by atoms with Gasteiger partial charge in [0, 0.05) is 0 Å². The average Bonchev–Trinajstić information content (AvgIpc) is 2.45. The standard InChI is InChI=1S/C19H26O2/c1-11-5-18(21-3)12(2)4-17(11)19(20)15-7-13-6-14(9-15)10-16(19)8-13/h4-5,13-16,20H,6-10H2,1-3H3. The van der Waals surface area contributed by atoms with E-state index in [0.717, 1.165) is 23.1 Å². The van der Waals surface area contributed by atoms with Crippen molar-refractivity contribution in [2.75, 3.05) is 7.11 Å². The zero-order valence-electron chi connectivity index (χ0n) is 13.4. The fraction of sp³-hybridized carbons (Fsp3) is 0.684. The first-order chi connectivity index (χ1) is 10.0. The molecule has 0 amide bonds. The first kappa shape index (κ1) is 13.6. The minimum atomic E-state index is -0.589. The van der Waals surface area contributed by atoms with Crippen molar-refractivity contribution in [2.24, 2.45) is 23.7 Å². The van der Waals surface area contributed by atoms with Gasteiger partial charge in [0.15, 0.2) is 0 Å². The van der Waals surface area contributed by atoms with Crippen molar-refractivity contribution >= 4 is 0 Å². The van der Waals surface area contributed by atoms with Crippen molar-refractivity contribution in [1.82, 2.24) is 0 Å². The van der Waals surface area contributed by atoms with Crippen LogP contribution in [0.25, 0.3) is 0 Å². The van der Waals surface area contributed by atoms with Crippen LogP contribution in [0.3, 0.4) is 0 Å². The monoisotopic (exact) mass is 286 g/mol. The van der Waals surface area contributed by atoms with Gasteiger partial charge in [-0.15, -0.1) is 0 Å². The molecule has 2 heteroatoms. The lowest BCUT2D eigenvalue weighted by atomic mass is 9.48. The summed E-state index contributed by atoms with van der Waals surface area (Å²) in [5.41, 5.74) is 2.91. The highest BCUT2D eigenvalue weighted by atomic mass is 16.5. The molecular formula is C19H26O2. The second-order valence-electron chi connectivity index (χ2n) is 7.77. The van der Waals surface area contributed by atoms with Crippen molar-refractivity contribution in [3.8, 4) is 5.75 Å². The molecule has 0 saturated heterocycles. The maximum Gasteiger partial charge on any atom is 0.122 e. The molecule has 21 heavy (non-hydrogen) atoms. The normalized spacial score (nSPS) is 40.6. The highest BCUT2D eigenvalue weighted by molar-refractivity contribution is 5.45. The summed E-state index contributed by atoms with van der Waals surface area (Å²) in [6.45, 7) is 4.21. The summed E-state index contributed by atoms with van der Waals surface area (Å²) in [4.78, 5) is 0. The molecule has 1 aromatic carbocycles. The number of aryl methyl sites for hydroxylation is 2. The topological polar surface area (TPSA) is 29.5 Å². The summed E-state index contributed by atoms with van der Waals surface area (Å²) in [6.07, 6.45) is 6.34. The molecule has 4 fully saturated rings. The van der Waals surface area contributed by atoms with E-state index in [4.69, 9.17) is 4.74 Å². The van der Waals surface area contributed by atoms with Gasteiger partial charge in [-0.2, -0.15) is 0 Å². The van der Waals surface area contributed by atoms with Crippen molar-refractivity contribution in [3.63, 3.8) is 0 Å². The molecule has 0 spiro atoms. The fourth-order valence-corrected chi connectivity index (χ4v) is 5.78. The molecule has 0 aliphatic heterocycles. The van der Waals surface area contributed by atoms with Gasteiger partial charge in [-0.1, -0.05) is 0 Å². The molecule has 0 atom stereocenters.